The van der Waals surface area contributed by atoms with E-state index in [9.17, 15) is 14.9 Å². The minimum atomic E-state index is -1.07. The van der Waals surface area contributed by atoms with Crippen LogP contribution in [0.5, 0.6) is 0 Å². The summed E-state index contributed by atoms with van der Waals surface area (Å²) in [4.78, 5) is 27.2. The van der Waals surface area contributed by atoms with E-state index in [2.05, 4.69) is 36.7 Å². The first-order valence-corrected chi connectivity index (χ1v) is 7.31. The summed E-state index contributed by atoms with van der Waals surface area (Å²) in [6, 6.07) is 3.39. The summed E-state index contributed by atoms with van der Waals surface area (Å²) < 4.78 is 1.32. The number of nitrogens with two attached hydrogens (primary N) is 1. The highest BCUT2D eigenvalue weighted by Gasteiger charge is 2.23. The fourth-order valence-corrected chi connectivity index (χ4v) is 2.88. The van der Waals surface area contributed by atoms with Crippen molar-refractivity contribution in [3.8, 4) is 0 Å². The van der Waals surface area contributed by atoms with Crippen molar-refractivity contribution in [1.29, 1.82) is 0 Å². The van der Waals surface area contributed by atoms with Crippen LogP contribution in [-0.2, 0) is 9.63 Å². The maximum atomic E-state index is 10.6. The minimum Gasteiger partial charge on any atom is -0.481 e. The van der Waals surface area contributed by atoms with Crippen molar-refractivity contribution >= 4 is 49.2 Å². The summed E-state index contributed by atoms with van der Waals surface area (Å²) in [6.45, 7) is 0. The fourth-order valence-electron chi connectivity index (χ4n) is 1.68. The molecule has 1 atom stereocenters. The number of halogens is 2. The first kappa shape index (κ1) is 17.5. The first-order chi connectivity index (χ1) is 9.72. The molecule has 0 bridgehead atoms. The molecule has 0 amide bonds. The Balaban J connectivity index is 3.06. The lowest BCUT2D eigenvalue weighted by Crippen LogP contribution is -2.36. The second-order valence-corrected chi connectivity index (χ2v) is 5.92. The average Bonchev–Trinajstić information content (AvgIpc) is 2.37. The molecule has 3 N–H and O–H groups in total. The zero-order chi connectivity index (χ0) is 16.2. The predicted molar refractivity (Wildman–Crippen MR) is 83.4 cm³/mol. The third-order valence-corrected chi connectivity index (χ3v) is 3.81. The SMILES string of the molecule is CN(c1cc(Br)cc(Br)c1N)C(CCC(=O)O)O[N+](=O)[O-]. The van der Waals surface area contributed by atoms with E-state index in [0.717, 1.165) is 0 Å². The number of carbonyl (C=O) groups is 1. The molecule has 1 rings (SSSR count). The van der Waals surface area contributed by atoms with Gasteiger partial charge in [0.1, 0.15) is 0 Å². The van der Waals surface area contributed by atoms with Crippen molar-refractivity contribution in [2.24, 2.45) is 0 Å². The third kappa shape index (κ3) is 5.05. The van der Waals surface area contributed by atoms with Gasteiger partial charge in [-0.1, -0.05) is 15.9 Å². The van der Waals surface area contributed by atoms with E-state index in [1.165, 1.54) is 4.90 Å². The van der Waals surface area contributed by atoms with Crippen LogP contribution in [-0.4, -0.2) is 29.4 Å². The van der Waals surface area contributed by atoms with E-state index in [1.807, 2.05) is 0 Å². The second kappa shape index (κ2) is 7.46. The Morgan fingerprint density at radius 1 is 1.57 bits per heavy atom. The van der Waals surface area contributed by atoms with Crippen LogP contribution < -0.4 is 10.6 Å². The average molecular weight is 427 g/mol. The summed E-state index contributed by atoms with van der Waals surface area (Å²) in [6.07, 6.45) is -1.38. The normalized spacial score (nSPS) is 11.8. The molecule has 21 heavy (non-hydrogen) atoms. The molecule has 0 saturated heterocycles. The monoisotopic (exact) mass is 425 g/mol. The number of nitrogen functional groups attached to an aromatic ring is 1. The van der Waals surface area contributed by atoms with Gasteiger partial charge in [0.05, 0.1) is 11.4 Å². The minimum absolute atomic E-state index is 0.0591. The molecule has 0 aliphatic heterocycles. The molecule has 0 saturated carbocycles. The van der Waals surface area contributed by atoms with Gasteiger partial charge in [-0.25, -0.2) is 0 Å². The zero-order valence-corrected chi connectivity index (χ0v) is 14.1. The molecule has 0 aliphatic carbocycles. The zero-order valence-electron chi connectivity index (χ0n) is 11.0. The highest BCUT2D eigenvalue weighted by Crippen LogP contribution is 2.35. The van der Waals surface area contributed by atoms with Crippen molar-refractivity contribution in [3.63, 3.8) is 0 Å². The summed E-state index contributed by atoms with van der Waals surface area (Å²) in [5.74, 6) is -1.07. The number of hydrogen-bond donors (Lipinski definition) is 2. The van der Waals surface area contributed by atoms with E-state index in [1.54, 1.807) is 19.2 Å². The Labute approximate surface area is 137 Å². The van der Waals surface area contributed by atoms with Crippen LogP contribution in [0.2, 0.25) is 0 Å². The Bertz CT molecular complexity index is 555. The number of carboxylic acids is 1. The van der Waals surface area contributed by atoms with E-state index < -0.39 is 17.3 Å². The summed E-state index contributed by atoms with van der Waals surface area (Å²) in [5.41, 5.74) is 6.77. The number of nitrogens with zero attached hydrogens (tertiary/aromatic N) is 2. The third-order valence-electron chi connectivity index (χ3n) is 2.70. The molecule has 0 radical (unpaired) electrons. The van der Waals surface area contributed by atoms with Crippen LogP contribution in [0.3, 0.4) is 0 Å². The van der Waals surface area contributed by atoms with Crippen LogP contribution >= 0.6 is 31.9 Å². The van der Waals surface area contributed by atoms with Gasteiger partial charge in [0.25, 0.3) is 5.09 Å². The fraction of sp³-hybridized carbons (Fsp3) is 0.364. The van der Waals surface area contributed by atoms with Crippen molar-refractivity contribution in [1.82, 2.24) is 0 Å². The first-order valence-electron chi connectivity index (χ1n) is 5.72. The maximum Gasteiger partial charge on any atom is 0.303 e. The molecule has 0 heterocycles. The number of aliphatic carboxylic acids is 1. The van der Waals surface area contributed by atoms with Crippen LogP contribution in [0, 0.1) is 10.1 Å². The van der Waals surface area contributed by atoms with Gasteiger partial charge in [-0.3, -0.25) is 9.63 Å². The molecule has 10 heteroatoms. The molecule has 0 fully saturated rings. The summed E-state index contributed by atoms with van der Waals surface area (Å²) in [7, 11) is 1.54. The van der Waals surface area contributed by atoms with E-state index in [-0.39, 0.29) is 12.8 Å². The summed E-state index contributed by atoms with van der Waals surface area (Å²) >= 11 is 6.57. The van der Waals surface area contributed by atoms with Crippen molar-refractivity contribution < 1.29 is 19.8 Å². The molecule has 1 unspecified atom stereocenters. The number of rotatable bonds is 7. The number of hydrogen-bond acceptors (Lipinski definition) is 6. The number of carboxylic acid groups (broad SMARTS) is 1. The smallest absolute Gasteiger partial charge is 0.303 e. The van der Waals surface area contributed by atoms with Crippen LogP contribution in [0.1, 0.15) is 12.8 Å². The van der Waals surface area contributed by atoms with E-state index in [4.69, 9.17) is 10.8 Å². The molecule has 0 spiro atoms. The lowest BCUT2D eigenvalue weighted by Gasteiger charge is -2.29. The van der Waals surface area contributed by atoms with Gasteiger partial charge in [0.15, 0.2) is 6.23 Å². The number of benzene rings is 1. The Hall–Kier alpha value is -1.55. The number of anilines is 2. The van der Waals surface area contributed by atoms with Gasteiger partial charge < -0.3 is 15.7 Å². The molecular formula is C11H13Br2N3O5. The van der Waals surface area contributed by atoms with Gasteiger partial charge in [-0.2, -0.15) is 0 Å². The maximum absolute atomic E-state index is 10.6. The largest absolute Gasteiger partial charge is 0.481 e. The molecule has 0 aromatic heterocycles. The van der Waals surface area contributed by atoms with Gasteiger partial charge in [0.2, 0.25) is 0 Å². The highest BCUT2D eigenvalue weighted by atomic mass is 79.9. The van der Waals surface area contributed by atoms with Gasteiger partial charge in [-0.05, 0) is 28.1 Å². The second-order valence-electron chi connectivity index (χ2n) is 4.15. The van der Waals surface area contributed by atoms with Crippen LogP contribution in [0.4, 0.5) is 11.4 Å². The van der Waals surface area contributed by atoms with Crippen molar-refractivity contribution in [2.45, 2.75) is 19.1 Å². The van der Waals surface area contributed by atoms with Crippen LogP contribution in [0.15, 0.2) is 21.1 Å². The van der Waals surface area contributed by atoms with Crippen molar-refractivity contribution in [2.75, 3.05) is 17.7 Å². The topological polar surface area (TPSA) is 119 Å². The standard InChI is InChI=1S/C11H13Br2N3O5/c1-15(8-5-6(12)4-7(13)11(8)14)9(21-16(19)20)2-3-10(17)18/h4-5,9H,2-3,14H2,1H3,(H,17,18). The highest BCUT2D eigenvalue weighted by molar-refractivity contribution is 9.11. The van der Waals surface area contributed by atoms with Gasteiger partial charge in [-0.15, -0.1) is 10.1 Å². The Morgan fingerprint density at radius 3 is 2.71 bits per heavy atom. The van der Waals surface area contributed by atoms with E-state index >= 15 is 0 Å². The van der Waals surface area contributed by atoms with Gasteiger partial charge in [0, 0.05) is 28.8 Å². The van der Waals surface area contributed by atoms with E-state index in [0.29, 0.717) is 20.3 Å². The molecule has 1 aromatic rings. The van der Waals surface area contributed by atoms with Crippen LogP contribution in [0.25, 0.3) is 0 Å². The molecule has 116 valence electrons. The van der Waals surface area contributed by atoms with Gasteiger partial charge >= 0.3 is 5.97 Å². The quantitative estimate of drug-likeness (QED) is 0.297. The molecule has 1 aromatic carbocycles. The Kier molecular flexibility index (Phi) is 6.21. The van der Waals surface area contributed by atoms with Crippen molar-refractivity contribution in [3.05, 3.63) is 31.2 Å². The lowest BCUT2D eigenvalue weighted by molar-refractivity contribution is -0.768. The molecule has 0 aliphatic rings. The predicted octanol–water partition coefficient (Wildman–Crippen LogP) is 2.63. The lowest BCUT2D eigenvalue weighted by atomic mass is 10.2. The molecular weight excluding hydrogens is 414 g/mol. The Morgan fingerprint density at radius 2 is 2.19 bits per heavy atom. The molecule has 8 nitrogen and oxygen atoms in total. The summed E-state index contributed by atoms with van der Waals surface area (Å²) in [5, 5.41) is 18.3.